The zero-order valence-electron chi connectivity index (χ0n) is 14.8. The summed E-state index contributed by atoms with van der Waals surface area (Å²) in [4.78, 5) is 23.4. The molecule has 0 saturated carbocycles. The van der Waals surface area contributed by atoms with Gasteiger partial charge in [-0.3, -0.25) is 4.79 Å². The minimum absolute atomic E-state index is 0.161. The van der Waals surface area contributed by atoms with Crippen molar-refractivity contribution < 1.29 is 4.79 Å². The lowest BCUT2D eigenvalue weighted by Crippen LogP contribution is -2.44. The first-order valence-corrected chi connectivity index (χ1v) is 10.7. The number of carbonyl (C=O) groups is 1. The van der Waals surface area contributed by atoms with E-state index in [0.29, 0.717) is 11.8 Å². The fourth-order valence-electron chi connectivity index (χ4n) is 3.60. The van der Waals surface area contributed by atoms with Crippen LogP contribution in [0.1, 0.15) is 48.9 Å². The summed E-state index contributed by atoms with van der Waals surface area (Å²) in [6, 6.07) is 2.17. The van der Waals surface area contributed by atoms with Crippen molar-refractivity contribution >= 4 is 33.9 Å². The van der Waals surface area contributed by atoms with Gasteiger partial charge in [-0.1, -0.05) is 13.8 Å². The van der Waals surface area contributed by atoms with Crippen molar-refractivity contribution in [3.63, 3.8) is 0 Å². The van der Waals surface area contributed by atoms with Gasteiger partial charge in [0.05, 0.1) is 0 Å². The van der Waals surface area contributed by atoms with Gasteiger partial charge >= 0.3 is 0 Å². The number of rotatable bonds is 3. The summed E-state index contributed by atoms with van der Waals surface area (Å²) in [5.41, 5.74) is 1.34. The Morgan fingerprint density at radius 1 is 1.28 bits per heavy atom. The molecule has 5 nitrogen and oxygen atoms in total. The van der Waals surface area contributed by atoms with Crippen LogP contribution < -0.4 is 4.90 Å². The number of carbonyl (C=O) groups excluding carboxylic acids is 1. The van der Waals surface area contributed by atoms with E-state index in [9.17, 15) is 4.79 Å². The van der Waals surface area contributed by atoms with Gasteiger partial charge in [0.15, 0.2) is 0 Å². The molecule has 2 aromatic heterocycles. The summed E-state index contributed by atoms with van der Waals surface area (Å²) >= 11 is 3.31. The SMILES string of the molecule is CC(C)c1nsc(N2CCC(C(=O)N3CCc4sccc4C3)CC2)n1. The van der Waals surface area contributed by atoms with E-state index in [1.165, 1.54) is 22.0 Å². The van der Waals surface area contributed by atoms with Crippen LogP contribution in [0.2, 0.25) is 0 Å². The average Bonchev–Trinajstić information content (AvgIpc) is 3.30. The molecule has 2 aromatic rings. The Morgan fingerprint density at radius 3 is 2.80 bits per heavy atom. The van der Waals surface area contributed by atoms with Crippen LogP contribution in [0.25, 0.3) is 0 Å². The molecule has 4 rings (SSSR count). The first-order chi connectivity index (χ1) is 12.1. The largest absolute Gasteiger partial charge is 0.347 e. The lowest BCUT2D eigenvalue weighted by Gasteiger charge is -2.35. The topological polar surface area (TPSA) is 49.3 Å². The molecular formula is C18H24N4OS2. The van der Waals surface area contributed by atoms with Crippen molar-refractivity contribution in [2.45, 2.75) is 45.6 Å². The van der Waals surface area contributed by atoms with Crippen LogP contribution in [0.5, 0.6) is 0 Å². The van der Waals surface area contributed by atoms with E-state index in [0.717, 1.165) is 56.4 Å². The number of thiophene rings is 1. The molecule has 2 aliphatic heterocycles. The molecule has 4 heterocycles. The molecule has 0 spiro atoms. The Balaban J connectivity index is 1.34. The van der Waals surface area contributed by atoms with Crippen molar-refractivity contribution in [2.75, 3.05) is 24.5 Å². The maximum atomic E-state index is 12.9. The van der Waals surface area contributed by atoms with Crippen LogP contribution >= 0.6 is 22.9 Å². The number of hydrogen-bond donors (Lipinski definition) is 0. The fraction of sp³-hybridized carbons (Fsp3) is 0.611. The van der Waals surface area contributed by atoms with E-state index in [1.807, 2.05) is 11.3 Å². The first kappa shape index (κ1) is 17.0. The minimum Gasteiger partial charge on any atom is -0.347 e. The minimum atomic E-state index is 0.161. The number of nitrogens with zero attached hydrogens (tertiary/aromatic N) is 4. The standard InChI is InChI=1S/C18H24N4OS2/c1-12(2)16-19-18(25-20-16)21-7-3-13(4-8-21)17(23)22-9-5-15-14(11-22)6-10-24-15/h6,10,12-13H,3-5,7-9,11H2,1-2H3. The normalized spacial score (nSPS) is 18.7. The summed E-state index contributed by atoms with van der Waals surface area (Å²) in [5, 5.41) is 3.15. The van der Waals surface area contributed by atoms with Gasteiger partial charge in [0.1, 0.15) is 5.82 Å². The van der Waals surface area contributed by atoms with Crippen LogP contribution in [0.3, 0.4) is 0 Å². The van der Waals surface area contributed by atoms with Gasteiger partial charge in [-0.25, -0.2) is 4.98 Å². The van der Waals surface area contributed by atoms with Gasteiger partial charge in [0, 0.05) is 54.4 Å². The van der Waals surface area contributed by atoms with E-state index >= 15 is 0 Å². The van der Waals surface area contributed by atoms with E-state index in [4.69, 9.17) is 0 Å². The summed E-state index contributed by atoms with van der Waals surface area (Å²) < 4.78 is 4.45. The van der Waals surface area contributed by atoms with Crippen LogP contribution in [-0.2, 0) is 17.8 Å². The highest BCUT2D eigenvalue weighted by Crippen LogP contribution is 2.29. The van der Waals surface area contributed by atoms with Crippen molar-refractivity contribution in [1.29, 1.82) is 0 Å². The van der Waals surface area contributed by atoms with Gasteiger partial charge in [0.25, 0.3) is 0 Å². The molecule has 1 fully saturated rings. The molecule has 0 bridgehead atoms. The van der Waals surface area contributed by atoms with Gasteiger partial charge in [-0.05, 0) is 36.3 Å². The van der Waals surface area contributed by atoms with Crippen LogP contribution in [0.4, 0.5) is 5.13 Å². The zero-order valence-corrected chi connectivity index (χ0v) is 16.4. The van der Waals surface area contributed by atoms with Crippen molar-refractivity contribution in [3.8, 4) is 0 Å². The smallest absolute Gasteiger partial charge is 0.226 e. The molecule has 1 saturated heterocycles. The number of amides is 1. The molecule has 0 radical (unpaired) electrons. The predicted molar refractivity (Wildman–Crippen MR) is 102 cm³/mol. The third-order valence-corrected chi connectivity index (χ3v) is 7.00. The molecule has 0 N–H and O–H groups in total. The van der Waals surface area contributed by atoms with Gasteiger partial charge in [-0.2, -0.15) is 4.37 Å². The monoisotopic (exact) mass is 376 g/mol. The van der Waals surface area contributed by atoms with Gasteiger partial charge in [-0.15, -0.1) is 11.3 Å². The summed E-state index contributed by atoms with van der Waals surface area (Å²) in [5.74, 6) is 1.80. The second-order valence-corrected chi connectivity index (χ2v) is 8.96. The highest BCUT2D eigenvalue weighted by molar-refractivity contribution is 7.10. The molecular weight excluding hydrogens is 352 g/mol. The molecule has 0 aromatic carbocycles. The van der Waals surface area contributed by atoms with E-state index in [2.05, 4.69) is 44.5 Å². The zero-order chi connectivity index (χ0) is 17.4. The van der Waals surface area contributed by atoms with Crippen molar-refractivity contribution in [3.05, 3.63) is 27.7 Å². The average molecular weight is 377 g/mol. The lowest BCUT2D eigenvalue weighted by molar-refractivity contribution is -0.137. The van der Waals surface area contributed by atoms with Gasteiger partial charge in [0.2, 0.25) is 11.0 Å². The third kappa shape index (κ3) is 3.44. The second kappa shape index (κ2) is 7.03. The molecule has 134 valence electrons. The van der Waals surface area contributed by atoms with Crippen LogP contribution in [0.15, 0.2) is 11.4 Å². The maximum absolute atomic E-state index is 12.9. The number of hydrogen-bond acceptors (Lipinski definition) is 6. The fourth-order valence-corrected chi connectivity index (χ4v) is 5.35. The lowest BCUT2D eigenvalue weighted by atomic mass is 9.94. The highest BCUT2D eigenvalue weighted by Gasteiger charge is 2.31. The molecule has 0 unspecified atom stereocenters. The predicted octanol–water partition coefficient (Wildman–Crippen LogP) is 3.52. The summed E-state index contributed by atoms with van der Waals surface area (Å²) in [6.45, 7) is 7.72. The molecule has 7 heteroatoms. The highest BCUT2D eigenvalue weighted by atomic mass is 32.1. The van der Waals surface area contributed by atoms with Crippen molar-refractivity contribution in [1.82, 2.24) is 14.3 Å². The molecule has 2 aliphatic rings. The Bertz CT molecular complexity index is 746. The second-order valence-electron chi connectivity index (χ2n) is 7.23. The number of piperidine rings is 1. The molecule has 0 aliphatic carbocycles. The number of fused-ring (bicyclic) bond motifs is 1. The third-order valence-electron chi connectivity index (χ3n) is 5.18. The Morgan fingerprint density at radius 2 is 2.08 bits per heavy atom. The summed E-state index contributed by atoms with van der Waals surface area (Å²) in [6.07, 6.45) is 2.85. The molecule has 1 amide bonds. The first-order valence-electron chi connectivity index (χ1n) is 9.04. The van der Waals surface area contributed by atoms with Crippen LogP contribution in [0, 0.1) is 5.92 Å². The Labute approximate surface area is 156 Å². The van der Waals surface area contributed by atoms with E-state index in [1.54, 1.807) is 0 Å². The maximum Gasteiger partial charge on any atom is 0.226 e. The van der Waals surface area contributed by atoms with E-state index < -0.39 is 0 Å². The molecule has 0 atom stereocenters. The summed E-state index contributed by atoms with van der Waals surface area (Å²) in [7, 11) is 0. The quantitative estimate of drug-likeness (QED) is 0.822. The molecule has 25 heavy (non-hydrogen) atoms. The Kier molecular flexibility index (Phi) is 4.78. The van der Waals surface area contributed by atoms with E-state index in [-0.39, 0.29) is 5.92 Å². The van der Waals surface area contributed by atoms with Crippen molar-refractivity contribution in [2.24, 2.45) is 5.92 Å². The van der Waals surface area contributed by atoms with Crippen LogP contribution in [-0.4, -0.2) is 39.8 Å². The number of anilines is 1. The van der Waals surface area contributed by atoms with Gasteiger partial charge < -0.3 is 9.80 Å². The Hall–Kier alpha value is -1.47. The number of aromatic nitrogens is 2.